The fourth-order valence-corrected chi connectivity index (χ4v) is 0. The van der Waals surface area contributed by atoms with Crippen LogP contribution in [0.4, 0.5) is 0 Å². The van der Waals surface area contributed by atoms with Crippen LogP contribution in [0.5, 0.6) is 0 Å². The van der Waals surface area contributed by atoms with Crippen molar-refractivity contribution in [1.82, 2.24) is 4.90 Å². The number of hydrogen-bond acceptors (Lipinski definition) is 1. The largest absolute Gasteiger partial charge is 0.351 e. The highest BCUT2D eigenvalue weighted by atomic mass is 127. The Labute approximate surface area is 64.4 Å². The Morgan fingerprint density at radius 1 is 1.62 bits per heavy atom. The fourth-order valence-electron chi connectivity index (χ4n) is 0. The minimum Gasteiger partial charge on any atom is -0.351 e. The number of nitrogens with zero attached hydrogens (tertiary/aromatic N) is 1. The molecule has 0 spiro atoms. The Morgan fingerprint density at radius 2 is 1.75 bits per heavy atom. The molecule has 0 unspecified atom stereocenters. The van der Waals surface area contributed by atoms with Crippen LogP contribution < -0.4 is 0 Å². The molecule has 1 amide bonds. The van der Waals surface area contributed by atoms with Gasteiger partial charge in [0.1, 0.15) is 0 Å². The lowest BCUT2D eigenvalue weighted by Crippen LogP contribution is -2.06. The maximum Gasteiger partial charge on any atom is 0.209 e. The molecule has 0 bridgehead atoms. The molecule has 8 heavy (non-hydrogen) atoms. The van der Waals surface area contributed by atoms with Crippen LogP contribution in [0.25, 0.3) is 0 Å². The van der Waals surface area contributed by atoms with Crippen molar-refractivity contribution >= 4 is 29.0 Å². The van der Waals surface area contributed by atoms with Crippen molar-refractivity contribution < 1.29 is 4.79 Å². The fraction of sp³-hybridized carbons (Fsp3) is 0.800. The van der Waals surface area contributed by atoms with E-state index in [1.807, 2.05) is 0 Å². The summed E-state index contributed by atoms with van der Waals surface area (Å²) in [6.45, 7) is 2.11. The third-order valence-electron chi connectivity index (χ3n) is 0.211. The van der Waals surface area contributed by atoms with E-state index in [-0.39, 0.29) is 0 Å². The van der Waals surface area contributed by atoms with Crippen molar-refractivity contribution in [3.05, 3.63) is 0 Å². The number of carbonyl (C=O) groups is 1. The SMILES string of the molecule is CCI.CN(C)C=O. The highest BCUT2D eigenvalue weighted by Crippen LogP contribution is 1.69. The lowest BCUT2D eigenvalue weighted by atomic mass is 11.0. The molecule has 0 heterocycles. The van der Waals surface area contributed by atoms with Gasteiger partial charge in [-0.25, -0.2) is 0 Å². The van der Waals surface area contributed by atoms with Gasteiger partial charge in [-0.3, -0.25) is 4.79 Å². The first kappa shape index (κ1) is 11.1. The van der Waals surface area contributed by atoms with Gasteiger partial charge in [0.2, 0.25) is 6.41 Å². The first-order chi connectivity index (χ1) is 3.68. The summed E-state index contributed by atoms with van der Waals surface area (Å²) >= 11 is 2.29. The molecule has 0 saturated carbocycles. The Hall–Kier alpha value is 0.200. The summed E-state index contributed by atoms with van der Waals surface area (Å²) in [4.78, 5) is 10.9. The normalized spacial score (nSPS) is 6.50. The first-order valence-corrected chi connectivity index (χ1v) is 3.89. The molecule has 3 heteroatoms. The van der Waals surface area contributed by atoms with Crippen molar-refractivity contribution in [2.75, 3.05) is 18.5 Å². The van der Waals surface area contributed by atoms with Crippen molar-refractivity contribution in [3.8, 4) is 0 Å². The van der Waals surface area contributed by atoms with Gasteiger partial charge in [0.15, 0.2) is 0 Å². The molecule has 0 aliphatic carbocycles. The quantitative estimate of drug-likeness (QED) is 0.375. The maximum atomic E-state index is 9.43. The summed E-state index contributed by atoms with van der Waals surface area (Å²) in [5.41, 5.74) is 0. The molecular weight excluding hydrogens is 217 g/mol. The third-order valence-corrected chi connectivity index (χ3v) is 0.211. The smallest absolute Gasteiger partial charge is 0.209 e. The van der Waals surface area contributed by atoms with E-state index in [0.717, 1.165) is 6.41 Å². The Balaban J connectivity index is 0. The monoisotopic (exact) mass is 229 g/mol. The maximum absolute atomic E-state index is 9.43. The standard InChI is InChI=1S/C3H7NO.C2H5I/c1-4(2)3-5;1-2-3/h3H,1-2H3;2H2,1H3. The van der Waals surface area contributed by atoms with E-state index in [1.54, 1.807) is 14.1 Å². The summed E-state index contributed by atoms with van der Waals surface area (Å²) in [7, 11) is 3.38. The molecule has 0 aliphatic heterocycles. The number of hydrogen-bond donors (Lipinski definition) is 0. The predicted octanol–water partition coefficient (Wildman–Crippen LogP) is 1.15. The number of amides is 1. The molecule has 0 radical (unpaired) electrons. The molecule has 0 N–H and O–H groups in total. The lowest BCUT2D eigenvalue weighted by Gasteiger charge is -1.93. The molecule has 0 aliphatic rings. The van der Waals surface area contributed by atoms with Gasteiger partial charge in [0.05, 0.1) is 0 Å². The van der Waals surface area contributed by atoms with E-state index in [1.165, 1.54) is 9.33 Å². The molecule has 0 atom stereocenters. The summed E-state index contributed by atoms with van der Waals surface area (Å²) in [5, 5.41) is 0. The van der Waals surface area contributed by atoms with Crippen LogP contribution in [0.3, 0.4) is 0 Å². The van der Waals surface area contributed by atoms with Gasteiger partial charge in [0.25, 0.3) is 0 Å². The second kappa shape index (κ2) is 10.2. The second-order valence-electron chi connectivity index (χ2n) is 1.34. The van der Waals surface area contributed by atoms with Crippen LogP contribution in [-0.4, -0.2) is 29.8 Å². The molecular formula is C5H12INO. The van der Waals surface area contributed by atoms with Crippen molar-refractivity contribution in [1.29, 1.82) is 0 Å². The molecule has 0 aromatic carbocycles. The van der Waals surface area contributed by atoms with Crippen molar-refractivity contribution in [2.24, 2.45) is 0 Å². The van der Waals surface area contributed by atoms with E-state index in [9.17, 15) is 4.79 Å². The van der Waals surface area contributed by atoms with Gasteiger partial charge in [-0.15, -0.1) is 0 Å². The summed E-state index contributed by atoms with van der Waals surface area (Å²) in [6, 6.07) is 0. The van der Waals surface area contributed by atoms with Crippen LogP contribution in [0.15, 0.2) is 0 Å². The zero-order valence-corrected chi connectivity index (χ0v) is 7.68. The van der Waals surface area contributed by atoms with E-state index in [4.69, 9.17) is 0 Å². The van der Waals surface area contributed by atoms with Crippen LogP contribution in [-0.2, 0) is 4.79 Å². The van der Waals surface area contributed by atoms with E-state index in [0.29, 0.717) is 0 Å². The minimum atomic E-state index is 0.750. The Kier molecular flexibility index (Phi) is 14.1. The molecule has 0 saturated heterocycles. The molecule has 50 valence electrons. The van der Waals surface area contributed by atoms with Crippen LogP contribution in [0.1, 0.15) is 6.92 Å². The molecule has 0 fully saturated rings. The lowest BCUT2D eigenvalue weighted by molar-refractivity contribution is -0.115. The van der Waals surface area contributed by atoms with Crippen molar-refractivity contribution in [2.45, 2.75) is 6.92 Å². The molecule has 2 nitrogen and oxygen atoms in total. The Morgan fingerprint density at radius 3 is 1.75 bits per heavy atom. The summed E-state index contributed by atoms with van der Waals surface area (Å²) in [6.07, 6.45) is 0.750. The van der Waals surface area contributed by atoms with Gasteiger partial charge in [-0.05, 0) is 4.43 Å². The highest BCUT2D eigenvalue weighted by Gasteiger charge is 1.68. The minimum absolute atomic E-state index is 0.750. The number of alkyl halides is 1. The zero-order chi connectivity index (χ0) is 6.99. The molecule has 0 rings (SSSR count). The third kappa shape index (κ3) is 34.6. The van der Waals surface area contributed by atoms with Crippen molar-refractivity contribution in [3.63, 3.8) is 0 Å². The summed E-state index contributed by atoms with van der Waals surface area (Å²) < 4.78 is 1.22. The topological polar surface area (TPSA) is 20.3 Å². The van der Waals surface area contributed by atoms with Gasteiger partial charge >= 0.3 is 0 Å². The molecule has 0 aromatic heterocycles. The van der Waals surface area contributed by atoms with E-state index in [2.05, 4.69) is 29.5 Å². The summed E-state index contributed by atoms with van der Waals surface area (Å²) in [5.74, 6) is 0. The average molecular weight is 229 g/mol. The number of rotatable bonds is 1. The van der Waals surface area contributed by atoms with Gasteiger partial charge < -0.3 is 4.90 Å². The number of carbonyl (C=O) groups excluding carboxylic acids is 1. The average Bonchev–Trinajstić information content (AvgIpc) is 1.69. The van der Waals surface area contributed by atoms with Gasteiger partial charge in [0, 0.05) is 14.1 Å². The van der Waals surface area contributed by atoms with Crippen LogP contribution in [0.2, 0.25) is 0 Å². The Bertz CT molecular complexity index is 47.7. The van der Waals surface area contributed by atoms with Gasteiger partial charge in [-0.2, -0.15) is 0 Å². The zero-order valence-electron chi connectivity index (χ0n) is 5.52. The first-order valence-electron chi connectivity index (χ1n) is 2.36. The highest BCUT2D eigenvalue weighted by molar-refractivity contribution is 14.1. The van der Waals surface area contributed by atoms with E-state index >= 15 is 0 Å². The molecule has 0 aromatic rings. The number of halogens is 1. The van der Waals surface area contributed by atoms with E-state index < -0.39 is 0 Å². The van der Waals surface area contributed by atoms with Crippen LogP contribution in [0, 0.1) is 0 Å². The van der Waals surface area contributed by atoms with Gasteiger partial charge in [-0.1, -0.05) is 29.5 Å². The van der Waals surface area contributed by atoms with Crippen LogP contribution >= 0.6 is 22.6 Å². The predicted molar refractivity (Wildman–Crippen MR) is 44.3 cm³/mol. The second-order valence-corrected chi connectivity index (χ2v) is 2.86.